The summed E-state index contributed by atoms with van der Waals surface area (Å²) in [5.74, 6) is 4.84. The van der Waals surface area contributed by atoms with E-state index in [1.807, 2.05) is 0 Å². The molecule has 0 bridgehead atoms. The van der Waals surface area contributed by atoms with Crippen molar-refractivity contribution in [2.75, 3.05) is 0 Å². The summed E-state index contributed by atoms with van der Waals surface area (Å²) in [6.45, 7) is 2.17. The Balaban J connectivity index is 2.06. The second-order valence-electron chi connectivity index (χ2n) is 3.83. The molecule has 0 radical (unpaired) electrons. The SMILES string of the molecule is C#CCC(N)c1nc(C2CC2C)no1. The zero-order valence-electron chi connectivity index (χ0n) is 8.10. The van der Waals surface area contributed by atoms with Crippen LogP contribution >= 0.6 is 0 Å². The third kappa shape index (κ3) is 1.64. The van der Waals surface area contributed by atoms with Gasteiger partial charge in [0.25, 0.3) is 0 Å². The minimum Gasteiger partial charge on any atom is -0.338 e. The monoisotopic (exact) mass is 191 g/mol. The Morgan fingerprint density at radius 2 is 2.50 bits per heavy atom. The molecule has 3 unspecified atom stereocenters. The van der Waals surface area contributed by atoms with Crippen molar-refractivity contribution in [3.05, 3.63) is 11.7 Å². The van der Waals surface area contributed by atoms with Gasteiger partial charge in [-0.3, -0.25) is 0 Å². The number of nitrogens with zero attached hydrogens (tertiary/aromatic N) is 2. The molecular weight excluding hydrogens is 178 g/mol. The van der Waals surface area contributed by atoms with E-state index in [-0.39, 0.29) is 6.04 Å². The van der Waals surface area contributed by atoms with E-state index in [1.165, 1.54) is 0 Å². The molecule has 1 fully saturated rings. The van der Waals surface area contributed by atoms with E-state index in [2.05, 4.69) is 23.0 Å². The number of hydrogen-bond acceptors (Lipinski definition) is 4. The first kappa shape index (κ1) is 9.22. The van der Waals surface area contributed by atoms with Crippen LogP contribution in [-0.4, -0.2) is 10.1 Å². The van der Waals surface area contributed by atoms with Gasteiger partial charge in [-0.05, 0) is 12.3 Å². The molecule has 1 aromatic rings. The van der Waals surface area contributed by atoms with Crippen LogP contribution in [0.5, 0.6) is 0 Å². The molecule has 14 heavy (non-hydrogen) atoms. The molecule has 2 rings (SSSR count). The highest BCUT2D eigenvalue weighted by atomic mass is 16.5. The van der Waals surface area contributed by atoms with Gasteiger partial charge in [0.2, 0.25) is 5.89 Å². The summed E-state index contributed by atoms with van der Waals surface area (Å²) in [5, 5.41) is 3.90. The summed E-state index contributed by atoms with van der Waals surface area (Å²) in [6.07, 6.45) is 6.72. The Kier molecular flexibility index (Phi) is 2.26. The molecule has 1 aromatic heterocycles. The van der Waals surface area contributed by atoms with Crippen LogP contribution in [0.1, 0.15) is 43.4 Å². The molecule has 1 heterocycles. The summed E-state index contributed by atoms with van der Waals surface area (Å²) in [5.41, 5.74) is 5.74. The van der Waals surface area contributed by atoms with Crippen LogP contribution in [0.15, 0.2) is 4.52 Å². The van der Waals surface area contributed by atoms with E-state index >= 15 is 0 Å². The zero-order chi connectivity index (χ0) is 10.1. The Morgan fingerprint density at radius 3 is 3.07 bits per heavy atom. The molecule has 0 saturated heterocycles. The van der Waals surface area contributed by atoms with Gasteiger partial charge in [-0.2, -0.15) is 4.98 Å². The van der Waals surface area contributed by atoms with Crippen LogP contribution < -0.4 is 5.73 Å². The smallest absolute Gasteiger partial charge is 0.244 e. The third-order valence-electron chi connectivity index (χ3n) is 2.55. The van der Waals surface area contributed by atoms with E-state index in [0.717, 1.165) is 12.2 Å². The standard InChI is InChI=1S/C10H13N3O/c1-3-4-8(11)10-12-9(13-14-10)7-5-6(7)2/h1,6-8H,4-5,11H2,2H3. The van der Waals surface area contributed by atoms with Gasteiger partial charge < -0.3 is 10.3 Å². The number of rotatable bonds is 3. The van der Waals surface area contributed by atoms with Crippen molar-refractivity contribution in [3.63, 3.8) is 0 Å². The van der Waals surface area contributed by atoms with Crippen molar-refractivity contribution in [2.24, 2.45) is 11.7 Å². The van der Waals surface area contributed by atoms with Crippen LogP contribution in [0, 0.1) is 18.3 Å². The lowest BCUT2D eigenvalue weighted by atomic mass is 10.2. The fraction of sp³-hybridized carbons (Fsp3) is 0.600. The number of hydrogen-bond donors (Lipinski definition) is 1. The summed E-state index contributed by atoms with van der Waals surface area (Å²) in [6, 6.07) is -0.324. The van der Waals surface area contributed by atoms with Crippen LogP contribution in [0.4, 0.5) is 0 Å². The zero-order valence-corrected chi connectivity index (χ0v) is 8.10. The Hall–Kier alpha value is -1.34. The maximum atomic E-state index is 5.74. The normalized spacial score (nSPS) is 26.9. The van der Waals surface area contributed by atoms with Crippen molar-refractivity contribution in [1.82, 2.24) is 10.1 Å². The quantitative estimate of drug-likeness (QED) is 0.729. The van der Waals surface area contributed by atoms with Gasteiger partial charge >= 0.3 is 0 Å². The van der Waals surface area contributed by atoms with Crippen molar-refractivity contribution in [2.45, 2.75) is 31.7 Å². The first-order chi connectivity index (χ1) is 6.72. The van der Waals surface area contributed by atoms with Gasteiger partial charge in [-0.1, -0.05) is 12.1 Å². The molecule has 1 aliphatic rings. The summed E-state index contributed by atoms with van der Waals surface area (Å²) in [7, 11) is 0. The fourth-order valence-corrected chi connectivity index (χ4v) is 1.44. The van der Waals surface area contributed by atoms with E-state index in [0.29, 0.717) is 24.1 Å². The average molecular weight is 191 g/mol. The van der Waals surface area contributed by atoms with Crippen molar-refractivity contribution >= 4 is 0 Å². The molecule has 4 heteroatoms. The van der Waals surface area contributed by atoms with Gasteiger partial charge in [0.1, 0.15) is 0 Å². The topological polar surface area (TPSA) is 64.9 Å². The van der Waals surface area contributed by atoms with Gasteiger partial charge in [-0.25, -0.2) is 0 Å². The summed E-state index contributed by atoms with van der Waals surface area (Å²) < 4.78 is 5.05. The fourth-order valence-electron chi connectivity index (χ4n) is 1.44. The Morgan fingerprint density at radius 1 is 1.79 bits per heavy atom. The Labute approximate surface area is 82.9 Å². The van der Waals surface area contributed by atoms with Crippen LogP contribution in [0.2, 0.25) is 0 Å². The molecule has 0 amide bonds. The minimum atomic E-state index is -0.324. The van der Waals surface area contributed by atoms with Crippen molar-refractivity contribution in [1.29, 1.82) is 0 Å². The van der Waals surface area contributed by atoms with Gasteiger partial charge in [0, 0.05) is 12.3 Å². The average Bonchev–Trinajstić information content (AvgIpc) is 2.70. The molecule has 4 nitrogen and oxygen atoms in total. The first-order valence-electron chi connectivity index (χ1n) is 4.75. The molecule has 1 aliphatic carbocycles. The van der Waals surface area contributed by atoms with Gasteiger partial charge in [-0.15, -0.1) is 12.3 Å². The molecular formula is C10H13N3O. The van der Waals surface area contributed by atoms with Crippen molar-refractivity contribution < 1.29 is 4.52 Å². The molecule has 0 aromatic carbocycles. The van der Waals surface area contributed by atoms with Gasteiger partial charge in [0.15, 0.2) is 5.82 Å². The molecule has 3 atom stereocenters. The van der Waals surface area contributed by atoms with Crippen LogP contribution in [-0.2, 0) is 0 Å². The summed E-state index contributed by atoms with van der Waals surface area (Å²) >= 11 is 0. The maximum Gasteiger partial charge on any atom is 0.244 e. The molecule has 0 spiro atoms. The van der Waals surface area contributed by atoms with Crippen molar-refractivity contribution in [3.8, 4) is 12.3 Å². The van der Waals surface area contributed by atoms with E-state index in [4.69, 9.17) is 16.7 Å². The number of aromatic nitrogens is 2. The van der Waals surface area contributed by atoms with E-state index in [9.17, 15) is 0 Å². The van der Waals surface area contributed by atoms with Crippen LogP contribution in [0.25, 0.3) is 0 Å². The lowest BCUT2D eigenvalue weighted by Gasteiger charge is -1.98. The van der Waals surface area contributed by atoms with Crippen LogP contribution in [0.3, 0.4) is 0 Å². The molecule has 2 N–H and O–H groups in total. The third-order valence-corrected chi connectivity index (χ3v) is 2.55. The van der Waals surface area contributed by atoms with Gasteiger partial charge in [0.05, 0.1) is 6.04 Å². The minimum absolute atomic E-state index is 0.324. The van der Waals surface area contributed by atoms with E-state index < -0.39 is 0 Å². The number of terminal acetylenes is 1. The largest absolute Gasteiger partial charge is 0.338 e. The second-order valence-corrected chi connectivity index (χ2v) is 3.83. The maximum absolute atomic E-state index is 5.74. The lowest BCUT2D eigenvalue weighted by molar-refractivity contribution is 0.352. The number of nitrogens with two attached hydrogens (primary N) is 1. The predicted octanol–water partition coefficient (Wildman–Crippen LogP) is 1.22. The summed E-state index contributed by atoms with van der Waals surface area (Å²) in [4.78, 5) is 4.24. The first-order valence-corrected chi connectivity index (χ1v) is 4.75. The highest BCUT2D eigenvalue weighted by Gasteiger charge is 2.38. The van der Waals surface area contributed by atoms with E-state index in [1.54, 1.807) is 0 Å². The predicted molar refractivity (Wildman–Crippen MR) is 51.2 cm³/mol. The second kappa shape index (κ2) is 3.43. The Bertz CT molecular complexity index is 366. The lowest BCUT2D eigenvalue weighted by Crippen LogP contribution is -2.09. The molecule has 0 aliphatic heterocycles. The molecule has 1 saturated carbocycles. The molecule has 74 valence electrons. The highest BCUT2D eigenvalue weighted by Crippen LogP contribution is 2.45. The highest BCUT2D eigenvalue weighted by molar-refractivity contribution is 5.09.